The van der Waals surface area contributed by atoms with E-state index in [1.54, 1.807) is 0 Å². The van der Waals surface area contributed by atoms with Crippen LogP contribution in [0.15, 0.2) is 36.5 Å². The number of thioether (sulfide) groups is 1. The summed E-state index contributed by atoms with van der Waals surface area (Å²) >= 11 is 1.07. The minimum atomic E-state index is -4.01. The molecule has 12 nitrogen and oxygen atoms in total. The second kappa shape index (κ2) is 13.2. The van der Waals surface area contributed by atoms with E-state index in [-0.39, 0.29) is 24.0 Å². The predicted octanol–water partition coefficient (Wildman–Crippen LogP) is 2.76. The third-order valence-electron chi connectivity index (χ3n) is 6.66. The Morgan fingerprint density at radius 3 is 2.60 bits per heavy atom. The standard InChI is InChI=1S/C25H36FN4O8PS/c1-5-24(2,3)23(33)40-12-11-36-39(35,28-13-16-9-7-6-8-10-16)37-15-18-20(31)25(4,34)22(38-18)30-14-17(26)19(29-30)21(27)32/h6-10,14,18,20,22,31,34H,5,11-13,15H2,1-4H3,(H2,27,32)(H,28,35)/t18-,20+,22-,25?,39?/m1/s1. The molecular formula is C25H36FN4O8PS. The largest absolute Gasteiger partial charge is 0.405 e. The van der Waals surface area contributed by atoms with Crippen molar-refractivity contribution in [2.45, 2.75) is 64.7 Å². The Labute approximate surface area is 236 Å². The molecule has 1 aromatic carbocycles. The van der Waals surface area contributed by atoms with E-state index in [1.165, 1.54) is 6.92 Å². The van der Waals surface area contributed by atoms with Crippen LogP contribution < -0.4 is 10.8 Å². The molecule has 0 spiro atoms. The van der Waals surface area contributed by atoms with E-state index in [9.17, 15) is 28.8 Å². The maximum atomic E-state index is 14.1. The van der Waals surface area contributed by atoms with Crippen molar-refractivity contribution >= 4 is 30.5 Å². The number of benzene rings is 1. The molecule has 40 heavy (non-hydrogen) atoms. The number of ether oxygens (including phenoxy) is 1. The van der Waals surface area contributed by atoms with E-state index in [1.807, 2.05) is 51.1 Å². The maximum absolute atomic E-state index is 14.1. The van der Waals surface area contributed by atoms with Crippen LogP contribution in [0.5, 0.6) is 0 Å². The Hall–Kier alpha value is -2.16. The summed E-state index contributed by atoms with van der Waals surface area (Å²) in [5, 5.41) is 28.1. The molecule has 5 atom stereocenters. The number of rotatable bonds is 14. The van der Waals surface area contributed by atoms with E-state index in [4.69, 9.17) is 19.5 Å². The topological polar surface area (TPSA) is 175 Å². The summed E-state index contributed by atoms with van der Waals surface area (Å²) in [6.07, 6.45) is -2.75. The first-order valence-corrected chi connectivity index (χ1v) is 15.2. The summed E-state index contributed by atoms with van der Waals surface area (Å²) in [5.74, 6) is -1.91. The first-order valence-electron chi connectivity index (χ1n) is 12.7. The average molecular weight is 603 g/mol. The normalized spacial score (nSPS) is 24.6. The van der Waals surface area contributed by atoms with Crippen LogP contribution in [0.3, 0.4) is 0 Å². The molecule has 222 valence electrons. The van der Waals surface area contributed by atoms with Gasteiger partial charge in [0.2, 0.25) is 0 Å². The van der Waals surface area contributed by atoms with Gasteiger partial charge in [0.05, 0.1) is 19.4 Å². The molecule has 3 rings (SSSR count). The van der Waals surface area contributed by atoms with Gasteiger partial charge in [-0.15, -0.1) is 0 Å². The van der Waals surface area contributed by atoms with Gasteiger partial charge in [-0.25, -0.2) is 18.7 Å². The molecule has 0 bridgehead atoms. The van der Waals surface area contributed by atoms with Crippen LogP contribution in [-0.2, 0) is 29.7 Å². The van der Waals surface area contributed by atoms with Crippen molar-refractivity contribution in [2.75, 3.05) is 19.0 Å². The van der Waals surface area contributed by atoms with Crippen LogP contribution in [0.4, 0.5) is 4.39 Å². The minimum absolute atomic E-state index is 0.0168. The lowest BCUT2D eigenvalue weighted by molar-refractivity contribution is -0.118. The van der Waals surface area contributed by atoms with Gasteiger partial charge in [-0.1, -0.05) is 62.9 Å². The Bertz CT molecular complexity index is 1230. The number of hydrogen-bond acceptors (Lipinski definition) is 10. The molecule has 1 aromatic heterocycles. The van der Waals surface area contributed by atoms with Crippen molar-refractivity contribution in [1.29, 1.82) is 0 Å². The Morgan fingerprint density at radius 1 is 1.32 bits per heavy atom. The molecular weight excluding hydrogens is 566 g/mol. The Balaban J connectivity index is 1.68. The Morgan fingerprint density at radius 2 is 2.00 bits per heavy atom. The van der Waals surface area contributed by atoms with Gasteiger partial charge in [0.25, 0.3) is 5.91 Å². The third kappa shape index (κ3) is 7.77. The number of nitrogens with zero attached hydrogens (tertiary/aromatic N) is 2. The lowest BCUT2D eigenvalue weighted by atomic mass is 9.92. The molecule has 1 aliphatic rings. The van der Waals surface area contributed by atoms with Gasteiger partial charge in [-0.05, 0) is 18.9 Å². The molecule has 5 N–H and O–H groups in total. The van der Waals surface area contributed by atoms with Crippen molar-refractivity contribution in [1.82, 2.24) is 14.9 Å². The fourth-order valence-electron chi connectivity index (χ4n) is 3.73. The molecule has 15 heteroatoms. The summed E-state index contributed by atoms with van der Waals surface area (Å²) in [5.41, 5.74) is 2.76. The third-order valence-corrected chi connectivity index (χ3v) is 9.40. The fraction of sp³-hybridized carbons (Fsp3) is 0.560. The maximum Gasteiger partial charge on any atom is 0.405 e. The molecule has 1 aliphatic heterocycles. The van der Waals surface area contributed by atoms with Crippen LogP contribution in [0.1, 0.15) is 56.4 Å². The minimum Gasteiger partial charge on any atom is -0.387 e. The van der Waals surface area contributed by atoms with E-state index in [2.05, 4.69) is 10.2 Å². The van der Waals surface area contributed by atoms with Crippen molar-refractivity contribution in [3.8, 4) is 0 Å². The number of aliphatic hydroxyl groups excluding tert-OH is 1. The number of aromatic nitrogens is 2. The number of aliphatic hydroxyl groups is 2. The number of nitrogens with one attached hydrogen (secondary N) is 1. The SMILES string of the molecule is CCC(C)(C)C(=O)SCCOP(=O)(NCc1ccccc1)OC[C@H]1O[C@@H](n2cc(F)c(C(N)=O)n2)C(C)(O)[C@H]1O. The first-order chi connectivity index (χ1) is 18.7. The van der Waals surface area contributed by atoms with Gasteiger partial charge in [0.15, 0.2) is 22.9 Å². The van der Waals surface area contributed by atoms with E-state index in [0.29, 0.717) is 6.42 Å². The molecule has 2 aromatic rings. The molecule has 2 heterocycles. The monoisotopic (exact) mass is 602 g/mol. The molecule has 0 saturated carbocycles. The summed E-state index contributed by atoms with van der Waals surface area (Å²) < 4.78 is 45.4. The second-order valence-corrected chi connectivity index (χ2v) is 13.1. The van der Waals surface area contributed by atoms with Gasteiger partial charge >= 0.3 is 7.75 Å². The zero-order valence-corrected chi connectivity index (χ0v) is 24.5. The zero-order chi connectivity index (χ0) is 29.7. The van der Waals surface area contributed by atoms with Crippen LogP contribution >= 0.6 is 19.5 Å². The highest BCUT2D eigenvalue weighted by molar-refractivity contribution is 8.13. The molecule has 1 saturated heterocycles. The summed E-state index contributed by atoms with van der Waals surface area (Å²) in [6.45, 7) is 6.41. The predicted molar refractivity (Wildman–Crippen MR) is 146 cm³/mol. The molecule has 1 fully saturated rings. The summed E-state index contributed by atoms with van der Waals surface area (Å²) in [6, 6.07) is 9.09. The van der Waals surface area contributed by atoms with Crippen molar-refractivity contribution in [2.24, 2.45) is 11.1 Å². The fourth-order valence-corrected chi connectivity index (χ4v) is 6.05. The number of hydrogen-bond donors (Lipinski definition) is 4. The van der Waals surface area contributed by atoms with E-state index < -0.39 is 61.2 Å². The van der Waals surface area contributed by atoms with E-state index >= 15 is 0 Å². The van der Waals surface area contributed by atoms with E-state index in [0.717, 1.165) is 28.2 Å². The van der Waals surface area contributed by atoms with Gasteiger partial charge in [0, 0.05) is 17.7 Å². The number of halogens is 1. The highest BCUT2D eigenvalue weighted by Gasteiger charge is 2.54. The average Bonchev–Trinajstić information content (AvgIpc) is 3.41. The van der Waals surface area contributed by atoms with Gasteiger partial charge in [-0.3, -0.25) is 18.6 Å². The molecule has 0 radical (unpaired) electrons. The zero-order valence-electron chi connectivity index (χ0n) is 22.8. The highest BCUT2D eigenvalue weighted by Crippen LogP contribution is 2.46. The van der Waals surface area contributed by atoms with Crippen molar-refractivity contribution in [3.63, 3.8) is 0 Å². The highest BCUT2D eigenvalue weighted by atomic mass is 32.2. The second-order valence-electron chi connectivity index (χ2n) is 10.2. The summed E-state index contributed by atoms with van der Waals surface area (Å²) in [4.78, 5) is 23.8. The van der Waals surface area contributed by atoms with Gasteiger partial charge in [-0.2, -0.15) is 5.10 Å². The smallest absolute Gasteiger partial charge is 0.387 e. The number of amides is 1. The number of primary amides is 1. The molecule has 0 aliphatic carbocycles. The first kappa shape index (κ1) is 32.4. The number of carbonyl (C=O) groups is 2. The quantitative estimate of drug-likeness (QED) is 0.185. The van der Waals surface area contributed by atoms with Crippen molar-refractivity contribution in [3.05, 3.63) is 53.6 Å². The van der Waals surface area contributed by atoms with Crippen LogP contribution in [0.25, 0.3) is 0 Å². The lowest BCUT2D eigenvalue weighted by Crippen LogP contribution is -2.44. The number of carbonyl (C=O) groups excluding carboxylic acids is 2. The lowest BCUT2D eigenvalue weighted by Gasteiger charge is -2.26. The van der Waals surface area contributed by atoms with Crippen molar-refractivity contribution < 1.29 is 42.5 Å². The Kier molecular flexibility index (Phi) is 10.7. The van der Waals surface area contributed by atoms with Crippen LogP contribution in [-0.4, -0.2) is 67.8 Å². The number of nitrogens with two attached hydrogens (primary N) is 1. The van der Waals surface area contributed by atoms with Gasteiger partial charge < -0.3 is 20.7 Å². The summed E-state index contributed by atoms with van der Waals surface area (Å²) in [7, 11) is -4.01. The van der Waals surface area contributed by atoms with Crippen LogP contribution in [0, 0.1) is 11.2 Å². The molecule has 2 unspecified atom stereocenters. The molecule has 1 amide bonds. The van der Waals surface area contributed by atoms with Gasteiger partial charge in [0.1, 0.15) is 17.8 Å². The van der Waals surface area contributed by atoms with Crippen LogP contribution in [0.2, 0.25) is 0 Å².